The molecule has 5 heteroatoms. The number of hydrogen-bond donors (Lipinski definition) is 0. The van der Waals surface area contributed by atoms with Crippen LogP contribution in [0.4, 0.5) is 4.39 Å². The summed E-state index contributed by atoms with van der Waals surface area (Å²) in [6.07, 6.45) is 0. The largest absolute Gasteiger partial charge is 0.492 e. The van der Waals surface area contributed by atoms with E-state index in [1.54, 1.807) is 13.0 Å². The van der Waals surface area contributed by atoms with Crippen LogP contribution in [-0.2, 0) is 4.74 Å². The number of ether oxygens (including phenoxy) is 2. The van der Waals surface area contributed by atoms with E-state index < -0.39 is 11.8 Å². The molecule has 0 saturated heterocycles. The van der Waals surface area contributed by atoms with Gasteiger partial charge in [-0.25, -0.2) is 9.18 Å². The second kappa shape index (κ2) is 5.12. The number of carbonyl (C=O) groups excluding carboxylic acids is 1. The van der Waals surface area contributed by atoms with Crippen molar-refractivity contribution in [2.45, 2.75) is 6.92 Å². The zero-order valence-electron chi connectivity index (χ0n) is 8.91. The molecule has 0 aromatic heterocycles. The van der Waals surface area contributed by atoms with Gasteiger partial charge >= 0.3 is 5.97 Å². The van der Waals surface area contributed by atoms with Crippen molar-refractivity contribution in [1.82, 2.24) is 0 Å². The van der Waals surface area contributed by atoms with Gasteiger partial charge in [0, 0.05) is 0 Å². The Morgan fingerprint density at radius 3 is 2.75 bits per heavy atom. The maximum atomic E-state index is 13.4. The molecule has 0 aliphatic carbocycles. The predicted molar refractivity (Wildman–Crippen MR) is 53.6 cm³/mol. The molecule has 0 unspecified atom stereocenters. The lowest BCUT2D eigenvalue weighted by molar-refractivity contribution is 0.0525. The van der Waals surface area contributed by atoms with Crippen LogP contribution >= 0.6 is 0 Å². The highest BCUT2D eigenvalue weighted by Crippen LogP contribution is 2.24. The Labute approximate surface area is 92.2 Å². The third-order valence-corrected chi connectivity index (χ3v) is 1.88. The van der Waals surface area contributed by atoms with E-state index in [1.165, 1.54) is 13.2 Å². The lowest BCUT2D eigenvalue weighted by atomic mass is 10.1. The summed E-state index contributed by atoms with van der Waals surface area (Å²) in [4.78, 5) is 11.3. The summed E-state index contributed by atoms with van der Waals surface area (Å²) in [5.41, 5.74) is -0.0396. The Hall–Kier alpha value is -2.09. The minimum absolute atomic E-state index is 0.00306. The molecule has 4 nitrogen and oxygen atoms in total. The molecule has 0 spiro atoms. The SMILES string of the molecule is CCOC(=O)c1cc(F)c(OC)c(C#N)c1. The van der Waals surface area contributed by atoms with Crippen molar-refractivity contribution in [3.63, 3.8) is 0 Å². The lowest BCUT2D eigenvalue weighted by Gasteiger charge is -2.06. The van der Waals surface area contributed by atoms with E-state index in [4.69, 9.17) is 14.7 Å². The van der Waals surface area contributed by atoms with Crippen molar-refractivity contribution in [2.75, 3.05) is 13.7 Å². The number of benzene rings is 1. The molecule has 0 aliphatic heterocycles. The number of nitrogens with zero attached hydrogens (tertiary/aromatic N) is 1. The Morgan fingerprint density at radius 1 is 1.56 bits per heavy atom. The first-order chi connectivity index (χ1) is 7.63. The second-order valence-electron chi connectivity index (χ2n) is 2.87. The average Bonchev–Trinajstić information content (AvgIpc) is 2.28. The van der Waals surface area contributed by atoms with Gasteiger partial charge in [0.1, 0.15) is 6.07 Å². The van der Waals surface area contributed by atoms with Crippen molar-refractivity contribution in [3.05, 3.63) is 29.1 Å². The molecule has 0 atom stereocenters. The monoisotopic (exact) mass is 223 g/mol. The molecule has 0 amide bonds. The van der Waals surface area contributed by atoms with Crippen LogP contribution in [0.3, 0.4) is 0 Å². The number of esters is 1. The summed E-state index contributed by atoms with van der Waals surface area (Å²) in [5, 5.41) is 8.76. The van der Waals surface area contributed by atoms with Gasteiger partial charge in [-0.3, -0.25) is 0 Å². The molecular weight excluding hydrogens is 213 g/mol. The maximum absolute atomic E-state index is 13.4. The van der Waals surface area contributed by atoms with Gasteiger partial charge in [0.2, 0.25) is 0 Å². The highest BCUT2D eigenvalue weighted by Gasteiger charge is 2.15. The van der Waals surface area contributed by atoms with E-state index >= 15 is 0 Å². The minimum atomic E-state index is -0.760. The van der Waals surface area contributed by atoms with E-state index in [2.05, 4.69) is 0 Å². The average molecular weight is 223 g/mol. The summed E-state index contributed by atoms with van der Waals surface area (Å²) >= 11 is 0. The topological polar surface area (TPSA) is 59.3 Å². The smallest absolute Gasteiger partial charge is 0.338 e. The highest BCUT2D eigenvalue weighted by atomic mass is 19.1. The van der Waals surface area contributed by atoms with Gasteiger partial charge in [0.25, 0.3) is 0 Å². The van der Waals surface area contributed by atoms with Gasteiger partial charge < -0.3 is 9.47 Å². The molecule has 1 aromatic rings. The van der Waals surface area contributed by atoms with E-state index in [0.717, 1.165) is 6.07 Å². The highest BCUT2D eigenvalue weighted by molar-refractivity contribution is 5.90. The molecule has 1 rings (SSSR count). The fourth-order valence-electron chi connectivity index (χ4n) is 1.22. The van der Waals surface area contributed by atoms with Gasteiger partial charge in [-0.1, -0.05) is 0 Å². The number of halogens is 1. The van der Waals surface area contributed by atoms with Gasteiger partial charge in [-0.15, -0.1) is 0 Å². The third kappa shape index (κ3) is 2.28. The predicted octanol–water partition coefficient (Wildman–Crippen LogP) is 1.88. The first-order valence-electron chi connectivity index (χ1n) is 4.58. The van der Waals surface area contributed by atoms with Gasteiger partial charge in [-0.2, -0.15) is 5.26 Å². The molecule has 0 heterocycles. The van der Waals surface area contributed by atoms with Crippen molar-refractivity contribution in [2.24, 2.45) is 0 Å². The van der Waals surface area contributed by atoms with Crippen LogP contribution in [0.1, 0.15) is 22.8 Å². The van der Waals surface area contributed by atoms with E-state index in [-0.39, 0.29) is 23.5 Å². The van der Waals surface area contributed by atoms with Crippen molar-refractivity contribution >= 4 is 5.97 Å². The number of methoxy groups -OCH3 is 1. The van der Waals surface area contributed by atoms with E-state index in [0.29, 0.717) is 0 Å². The van der Waals surface area contributed by atoms with Crippen LogP contribution in [0.15, 0.2) is 12.1 Å². The summed E-state index contributed by atoms with van der Waals surface area (Å²) < 4.78 is 22.8. The fourth-order valence-corrected chi connectivity index (χ4v) is 1.22. The molecule has 0 bridgehead atoms. The van der Waals surface area contributed by atoms with Crippen LogP contribution in [0, 0.1) is 17.1 Å². The van der Waals surface area contributed by atoms with Crippen LogP contribution in [0.2, 0.25) is 0 Å². The third-order valence-electron chi connectivity index (χ3n) is 1.88. The van der Waals surface area contributed by atoms with Crippen molar-refractivity contribution < 1.29 is 18.7 Å². The quantitative estimate of drug-likeness (QED) is 0.734. The maximum Gasteiger partial charge on any atom is 0.338 e. The number of carbonyl (C=O) groups is 1. The number of nitriles is 1. The Morgan fingerprint density at radius 2 is 2.25 bits per heavy atom. The van der Waals surface area contributed by atoms with Gasteiger partial charge in [0.15, 0.2) is 11.6 Å². The molecule has 16 heavy (non-hydrogen) atoms. The molecule has 0 radical (unpaired) electrons. The van der Waals surface area contributed by atoms with Crippen LogP contribution in [0.25, 0.3) is 0 Å². The van der Waals surface area contributed by atoms with Gasteiger partial charge in [-0.05, 0) is 19.1 Å². The van der Waals surface area contributed by atoms with Crippen LogP contribution in [0.5, 0.6) is 5.75 Å². The van der Waals surface area contributed by atoms with Gasteiger partial charge in [0.05, 0.1) is 24.8 Å². The standard InChI is InChI=1S/C11H10FNO3/c1-3-16-11(14)7-4-8(6-13)10(15-2)9(12)5-7/h4-5H,3H2,1-2H3. The molecule has 0 aliphatic rings. The lowest BCUT2D eigenvalue weighted by Crippen LogP contribution is -2.06. The molecule has 0 fully saturated rings. The Bertz CT molecular complexity index is 451. The Balaban J connectivity index is 3.21. The summed E-state index contributed by atoms with van der Waals surface area (Å²) in [7, 11) is 1.25. The first-order valence-corrected chi connectivity index (χ1v) is 4.58. The number of rotatable bonds is 3. The summed E-state index contributed by atoms with van der Waals surface area (Å²) in [5.74, 6) is -1.60. The minimum Gasteiger partial charge on any atom is -0.492 e. The molecule has 0 N–H and O–H groups in total. The van der Waals surface area contributed by atoms with E-state index in [1.807, 2.05) is 0 Å². The first kappa shape index (κ1) is 12.0. The van der Waals surface area contributed by atoms with E-state index in [9.17, 15) is 9.18 Å². The van der Waals surface area contributed by atoms with Crippen molar-refractivity contribution in [1.29, 1.82) is 5.26 Å². The Kier molecular flexibility index (Phi) is 3.84. The van der Waals surface area contributed by atoms with Crippen molar-refractivity contribution in [3.8, 4) is 11.8 Å². The fraction of sp³-hybridized carbons (Fsp3) is 0.273. The molecule has 84 valence electrons. The molecular formula is C11H10FNO3. The zero-order valence-corrected chi connectivity index (χ0v) is 8.91. The number of hydrogen-bond acceptors (Lipinski definition) is 4. The molecule has 1 aromatic carbocycles. The molecule has 0 saturated carbocycles. The van der Waals surface area contributed by atoms with Crippen LogP contribution < -0.4 is 4.74 Å². The normalized spacial score (nSPS) is 9.38. The van der Waals surface area contributed by atoms with Crippen LogP contribution in [-0.4, -0.2) is 19.7 Å². The summed E-state index contributed by atoms with van der Waals surface area (Å²) in [6.45, 7) is 1.83. The second-order valence-corrected chi connectivity index (χ2v) is 2.87. The summed E-state index contributed by atoms with van der Waals surface area (Å²) in [6, 6.07) is 3.97. The zero-order chi connectivity index (χ0) is 12.1.